The lowest BCUT2D eigenvalue weighted by Crippen LogP contribution is -2.11. The van der Waals surface area contributed by atoms with Crippen molar-refractivity contribution in [2.24, 2.45) is 0 Å². The Morgan fingerprint density at radius 1 is 1.38 bits per heavy atom. The standard InChI is InChI=1S/C16H18N2O3/c1-2-3-9-21-10-8-17-15-11-13(16(19)20)12-6-4-5-7-14(12)18-15/h2,4-7,11H,1,3,8-10H2,(H,17,18)(H,19,20). The molecule has 0 spiro atoms. The summed E-state index contributed by atoms with van der Waals surface area (Å²) in [4.78, 5) is 15.7. The van der Waals surface area contributed by atoms with Gasteiger partial charge in [0.2, 0.25) is 0 Å². The van der Waals surface area contributed by atoms with Crippen molar-refractivity contribution in [2.45, 2.75) is 6.42 Å². The Labute approximate surface area is 123 Å². The van der Waals surface area contributed by atoms with Crippen LogP contribution in [0.1, 0.15) is 16.8 Å². The Hall–Kier alpha value is -2.40. The number of nitrogens with zero attached hydrogens (tertiary/aromatic N) is 1. The third-order valence-electron chi connectivity index (χ3n) is 2.97. The van der Waals surface area contributed by atoms with E-state index >= 15 is 0 Å². The van der Waals surface area contributed by atoms with Crippen molar-refractivity contribution in [3.8, 4) is 0 Å². The normalized spacial score (nSPS) is 10.5. The van der Waals surface area contributed by atoms with Gasteiger partial charge in [0.15, 0.2) is 0 Å². The number of carboxylic acid groups (broad SMARTS) is 1. The van der Waals surface area contributed by atoms with Crippen LogP contribution in [-0.4, -0.2) is 35.8 Å². The molecule has 0 bridgehead atoms. The molecule has 0 atom stereocenters. The summed E-state index contributed by atoms with van der Waals surface area (Å²) < 4.78 is 5.38. The van der Waals surface area contributed by atoms with Crippen molar-refractivity contribution in [1.82, 2.24) is 4.98 Å². The van der Waals surface area contributed by atoms with Crippen LogP contribution in [-0.2, 0) is 4.74 Å². The third-order valence-corrected chi connectivity index (χ3v) is 2.97. The fourth-order valence-electron chi connectivity index (χ4n) is 1.96. The summed E-state index contributed by atoms with van der Waals surface area (Å²) in [7, 11) is 0. The van der Waals surface area contributed by atoms with Gasteiger partial charge >= 0.3 is 5.97 Å². The first-order valence-corrected chi connectivity index (χ1v) is 6.78. The molecule has 0 amide bonds. The molecule has 0 radical (unpaired) electrons. The number of carboxylic acids is 1. The molecule has 1 aromatic heterocycles. The molecule has 110 valence electrons. The molecule has 0 saturated carbocycles. The second kappa shape index (κ2) is 7.40. The minimum Gasteiger partial charge on any atom is -0.478 e. The molecule has 1 heterocycles. The monoisotopic (exact) mass is 286 g/mol. The quantitative estimate of drug-likeness (QED) is 0.576. The number of nitrogens with one attached hydrogen (secondary N) is 1. The molecule has 2 aromatic rings. The van der Waals surface area contributed by atoms with Crippen LogP contribution >= 0.6 is 0 Å². The molecular weight excluding hydrogens is 268 g/mol. The van der Waals surface area contributed by atoms with Gasteiger partial charge in [0, 0.05) is 11.9 Å². The summed E-state index contributed by atoms with van der Waals surface area (Å²) in [6.45, 7) is 5.36. The van der Waals surface area contributed by atoms with Crippen LogP contribution in [0.3, 0.4) is 0 Å². The molecule has 2 N–H and O–H groups in total. The first-order chi connectivity index (χ1) is 10.2. The van der Waals surface area contributed by atoms with Gasteiger partial charge in [-0.05, 0) is 18.6 Å². The van der Waals surface area contributed by atoms with E-state index in [2.05, 4.69) is 16.9 Å². The molecule has 0 aliphatic carbocycles. The van der Waals surface area contributed by atoms with Crippen molar-refractivity contribution in [3.05, 3.63) is 48.6 Å². The maximum Gasteiger partial charge on any atom is 0.336 e. The number of carbonyl (C=O) groups is 1. The van der Waals surface area contributed by atoms with Crippen LogP contribution in [0.2, 0.25) is 0 Å². The van der Waals surface area contributed by atoms with Crippen molar-refractivity contribution < 1.29 is 14.6 Å². The predicted molar refractivity (Wildman–Crippen MR) is 82.8 cm³/mol. The Kier molecular flexibility index (Phi) is 5.29. The van der Waals surface area contributed by atoms with E-state index in [1.165, 1.54) is 0 Å². The Morgan fingerprint density at radius 3 is 2.95 bits per heavy atom. The number of para-hydroxylation sites is 1. The molecule has 0 aliphatic heterocycles. The van der Waals surface area contributed by atoms with Gasteiger partial charge in [-0.25, -0.2) is 9.78 Å². The van der Waals surface area contributed by atoms with Gasteiger partial charge in [-0.2, -0.15) is 0 Å². The van der Waals surface area contributed by atoms with Gasteiger partial charge < -0.3 is 15.2 Å². The van der Waals surface area contributed by atoms with Crippen molar-refractivity contribution in [1.29, 1.82) is 0 Å². The van der Waals surface area contributed by atoms with Gasteiger partial charge in [-0.15, -0.1) is 6.58 Å². The highest BCUT2D eigenvalue weighted by atomic mass is 16.5. The van der Waals surface area contributed by atoms with E-state index in [9.17, 15) is 9.90 Å². The second-order valence-electron chi connectivity index (χ2n) is 4.49. The van der Waals surface area contributed by atoms with E-state index in [1.807, 2.05) is 6.07 Å². The Bertz CT molecular complexity index is 640. The molecule has 0 saturated heterocycles. The number of pyridine rings is 1. The first-order valence-electron chi connectivity index (χ1n) is 6.78. The van der Waals surface area contributed by atoms with Crippen LogP contribution in [0.25, 0.3) is 10.9 Å². The van der Waals surface area contributed by atoms with Crippen LogP contribution in [0, 0.1) is 0 Å². The zero-order chi connectivity index (χ0) is 15.1. The van der Waals surface area contributed by atoms with Crippen LogP contribution < -0.4 is 5.32 Å². The number of aromatic carboxylic acids is 1. The molecule has 0 fully saturated rings. The average molecular weight is 286 g/mol. The maximum atomic E-state index is 11.3. The molecule has 0 aliphatic rings. The van der Waals surface area contributed by atoms with Gasteiger partial charge in [-0.1, -0.05) is 24.3 Å². The first kappa shape index (κ1) is 15.0. The van der Waals surface area contributed by atoms with E-state index in [4.69, 9.17) is 4.74 Å². The minimum atomic E-state index is -0.959. The molecule has 21 heavy (non-hydrogen) atoms. The summed E-state index contributed by atoms with van der Waals surface area (Å²) in [5, 5.41) is 13.0. The number of hydrogen-bond donors (Lipinski definition) is 2. The van der Waals surface area contributed by atoms with E-state index in [1.54, 1.807) is 30.3 Å². The summed E-state index contributed by atoms with van der Waals surface area (Å²) >= 11 is 0. The predicted octanol–water partition coefficient (Wildman–Crippen LogP) is 2.94. The lowest BCUT2D eigenvalue weighted by atomic mass is 10.1. The SMILES string of the molecule is C=CCCOCCNc1cc(C(=O)O)c2ccccc2n1. The van der Waals surface area contributed by atoms with E-state index in [-0.39, 0.29) is 5.56 Å². The van der Waals surface area contributed by atoms with E-state index < -0.39 is 5.97 Å². The lowest BCUT2D eigenvalue weighted by molar-refractivity contribution is 0.0699. The van der Waals surface area contributed by atoms with Gasteiger partial charge in [-0.3, -0.25) is 0 Å². The number of fused-ring (bicyclic) bond motifs is 1. The van der Waals surface area contributed by atoms with Crippen molar-refractivity contribution in [3.63, 3.8) is 0 Å². The highest BCUT2D eigenvalue weighted by Crippen LogP contribution is 2.20. The lowest BCUT2D eigenvalue weighted by Gasteiger charge is -2.09. The zero-order valence-corrected chi connectivity index (χ0v) is 11.7. The van der Waals surface area contributed by atoms with Crippen LogP contribution in [0.15, 0.2) is 43.0 Å². The van der Waals surface area contributed by atoms with Gasteiger partial charge in [0.05, 0.1) is 24.3 Å². The van der Waals surface area contributed by atoms with Gasteiger partial charge in [0.25, 0.3) is 0 Å². The second-order valence-corrected chi connectivity index (χ2v) is 4.49. The molecule has 5 heteroatoms. The van der Waals surface area contributed by atoms with Crippen LogP contribution in [0.5, 0.6) is 0 Å². The molecular formula is C16H18N2O3. The zero-order valence-electron chi connectivity index (χ0n) is 11.7. The van der Waals surface area contributed by atoms with Crippen molar-refractivity contribution in [2.75, 3.05) is 25.1 Å². The topological polar surface area (TPSA) is 71.5 Å². The van der Waals surface area contributed by atoms with E-state index in [0.717, 1.165) is 6.42 Å². The summed E-state index contributed by atoms with van der Waals surface area (Å²) in [5.41, 5.74) is 0.906. The van der Waals surface area contributed by atoms with E-state index in [0.29, 0.717) is 36.5 Å². The largest absolute Gasteiger partial charge is 0.478 e. The molecule has 2 rings (SSSR count). The highest BCUT2D eigenvalue weighted by molar-refractivity contribution is 6.03. The van der Waals surface area contributed by atoms with Crippen LogP contribution in [0.4, 0.5) is 5.82 Å². The molecule has 0 unspecified atom stereocenters. The number of ether oxygens (including phenoxy) is 1. The fourth-order valence-corrected chi connectivity index (χ4v) is 1.96. The summed E-state index contributed by atoms with van der Waals surface area (Å²) in [6.07, 6.45) is 2.62. The fraction of sp³-hybridized carbons (Fsp3) is 0.250. The van der Waals surface area contributed by atoms with Crippen molar-refractivity contribution >= 4 is 22.7 Å². The Balaban J connectivity index is 2.06. The molecule has 1 aromatic carbocycles. The maximum absolute atomic E-state index is 11.3. The number of aromatic nitrogens is 1. The number of rotatable bonds is 8. The smallest absolute Gasteiger partial charge is 0.336 e. The third kappa shape index (κ3) is 4.03. The minimum absolute atomic E-state index is 0.246. The van der Waals surface area contributed by atoms with Gasteiger partial charge in [0.1, 0.15) is 5.82 Å². The molecule has 5 nitrogen and oxygen atoms in total. The average Bonchev–Trinajstić information content (AvgIpc) is 2.49. The number of benzene rings is 1. The highest BCUT2D eigenvalue weighted by Gasteiger charge is 2.11. The summed E-state index contributed by atoms with van der Waals surface area (Å²) in [5.74, 6) is -0.419. The Morgan fingerprint density at radius 2 is 2.19 bits per heavy atom. The summed E-state index contributed by atoms with van der Waals surface area (Å²) in [6, 6.07) is 8.75. The number of hydrogen-bond acceptors (Lipinski definition) is 4. The number of anilines is 1.